The number of fused-ring (bicyclic) bond motifs is 1. The van der Waals surface area contributed by atoms with Gasteiger partial charge >= 0.3 is 6.09 Å². The van der Waals surface area contributed by atoms with Gasteiger partial charge in [0.1, 0.15) is 5.60 Å². The van der Waals surface area contributed by atoms with Gasteiger partial charge in [0, 0.05) is 45.3 Å². The van der Waals surface area contributed by atoms with Crippen molar-refractivity contribution in [1.82, 2.24) is 14.8 Å². The number of carbonyl (C=O) groups is 1. The summed E-state index contributed by atoms with van der Waals surface area (Å²) in [4.78, 5) is 23.7. The lowest BCUT2D eigenvalue weighted by atomic mass is 10.1. The average Bonchev–Trinajstić information content (AvgIpc) is 3.02. The fourth-order valence-electron chi connectivity index (χ4n) is 4.18. The number of carbonyl (C=O) groups excluding carboxylic acids is 1. The van der Waals surface area contributed by atoms with Crippen LogP contribution in [-0.2, 0) is 17.8 Å². The zero-order valence-electron chi connectivity index (χ0n) is 18.5. The van der Waals surface area contributed by atoms with Gasteiger partial charge in [0.25, 0.3) is 0 Å². The van der Waals surface area contributed by atoms with Crippen molar-refractivity contribution in [2.75, 3.05) is 31.1 Å². The van der Waals surface area contributed by atoms with Crippen molar-refractivity contribution < 1.29 is 9.53 Å². The SMILES string of the molecule is CC1c2cc(N3CCN(C(=O)OC(C)(C)C)CC3)cnc2CN1Cc1ccccc1. The summed E-state index contributed by atoms with van der Waals surface area (Å²) in [7, 11) is 0. The van der Waals surface area contributed by atoms with Crippen LogP contribution in [0, 0.1) is 0 Å². The predicted octanol–water partition coefficient (Wildman–Crippen LogP) is 4.22. The first-order valence-corrected chi connectivity index (χ1v) is 10.8. The predicted molar refractivity (Wildman–Crippen MR) is 118 cm³/mol. The third-order valence-corrected chi connectivity index (χ3v) is 5.86. The summed E-state index contributed by atoms with van der Waals surface area (Å²) < 4.78 is 5.50. The number of hydrogen-bond acceptors (Lipinski definition) is 5. The summed E-state index contributed by atoms with van der Waals surface area (Å²) in [5.41, 5.74) is 4.51. The molecule has 0 bridgehead atoms. The lowest BCUT2D eigenvalue weighted by Crippen LogP contribution is -2.50. The van der Waals surface area contributed by atoms with Gasteiger partial charge in [-0.25, -0.2) is 4.79 Å². The van der Waals surface area contributed by atoms with Crippen LogP contribution in [0.3, 0.4) is 0 Å². The standard InChI is InChI=1S/C24H32N4O2/c1-18-21-14-20(26-10-12-27(13-11-26)23(29)30-24(2,3)4)15-25-22(21)17-28(18)16-19-8-6-5-7-9-19/h5-9,14-15,18H,10-13,16-17H2,1-4H3. The van der Waals surface area contributed by atoms with Crippen molar-refractivity contribution >= 4 is 11.8 Å². The Hall–Kier alpha value is -2.60. The number of ether oxygens (including phenoxy) is 1. The van der Waals surface area contributed by atoms with E-state index >= 15 is 0 Å². The number of pyridine rings is 1. The summed E-state index contributed by atoms with van der Waals surface area (Å²) >= 11 is 0. The van der Waals surface area contributed by atoms with Crippen molar-refractivity contribution in [3.8, 4) is 0 Å². The molecular formula is C24H32N4O2. The Bertz CT molecular complexity index is 886. The second-order valence-corrected chi connectivity index (χ2v) is 9.25. The number of nitrogens with zero attached hydrogens (tertiary/aromatic N) is 4. The summed E-state index contributed by atoms with van der Waals surface area (Å²) in [5, 5.41) is 0. The highest BCUT2D eigenvalue weighted by atomic mass is 16.6. The second-order valence-electron chi connectivity index (χ2n) is 9.25. The third kappa shape index (κ3) is 4.59. The Labute approximate surface area is 179 Å². The second kappa shape index (κ2) is 8.26. The van der Waals surface area contributed by atoms with Gasteiger partial charge in [-0.05, 0) is 44.9 Å². The Morgan fingerprint density at radius 2 is 1.83 bits per heavy atom. The van der Waals surface area contributed by atoms with Crippen molar-refractivity contribution in [1.29, 1.82) is 0 Å². The maximum Gasteiger partial charge on any atom is 0.410 e. The van der Waals surface area contributed by atoms with E-state index in [1.165, 1.54) is 16.8 Å². The van der Waals surface area contributed by atoms with E-state index in [1.54, 1.807) is 4.90 Å². The average molecular weight is 409 g/mol. The van der Waals surface area contributed by atoms with Gasteiger partial charge < -0.3 is 14.5 Å². The van der Waals surface area contributed by atoms with Crippen LogP contribution in [0.15, 0.2) is 42.6 Å². The van der Waals surface area contributed by atoms with E-state index in [0.29, 0.717) is 19.1 Å². The zero-order chi connectivity index (χ0) is 21.3. The number of piperazine rings is 1. The monoisotopic (exact) mass is 408 g/mol. The molecule has 3 heterocycles. The molecule has 6 nitrogen and oxygen atoms in total. The first-order valence-electron chi connectivity index (χ1n) is 10.8. The molecule has 1 aromatic heterocycles. The molecule has 0 radical (unpaired) electrons. The largest absolute Gasteiger partial charge is 0.444 e. The third-order valence-electron chi connectivity index (χ3n) is 5.86. The summed E-state index contributed by atoms with van der Waals surface area (Å²) in [6.45, 7) is 12.7. The molecule has 1 aromatic carbocycles. The van der Waals surface area contributed by atoms with Crippen LogP contribution in [0.5, 0.6) is 0 Å². The van der Waals surface area contributed by atoms with E-state index < -0.39 is 5.60 Å². The highest BCUT2D eigenvalue weighted by molar-refractivity contribution is 5.68. The Morgan fingerprint density at radius 1 is 1.13 bits per heavy atom. The van der Waals surface area contributed by atoms with Crippen LogP contribution in [0.4, 0.5) is 10.5 Å². The molecule has 0 saturated carbocycles. The Morgan fingerprint density at radius 3 is 2.50 bits per heavy atom. The molecule has 1 amide bonds. The van der Waals surface area contributed by atoms with Gasteiger partial charge in [-0.3, -0.25) is 9.88 Å². The molecule has 0 aliphatic carbocycles. The van der Waals surface area contributed by atoms with Crippen LogP contribution < -0.4 is 4.90 Å². The topological polar surface area (TPSA) is 48.9 Å². The van der Waals surface area contributed by atoms with E-state index in [1.807, 2.05) is 27.0 Å². The normalized spacial score (nSPS) is 19.7. The van der Waals surface area contributed by atoms with Crippen molar-refractivity contribution in [3.63, 3.8) is 0 Å². The maximum atomic E-state index is 12.3. The summed E-state index contributed by atoms with van der Waals surface area (Å²) in [5.74, 6) is 0. The fourth-order valence-corrected chi connectivity index (χ4v) is 4.18. The van der Waals surface area contributed by atoms with Gasteiger partial charge in [-0.2, -0.15) is 0 Å². The number of amides is 1. The van der Waals surface area contributed by atoms with Crippen molar-refractivity contribution in [2.24, 2.45) is 0 Å². The molecule has 1 unspecified atom stereocenters. The van der Waals surface area contributed by atoms with Gasteiger partial charge in [-0.1, -0.05) is 30.3 Å². The van der Waals surface area contributed by atoms with Crippen LogP contribution in [0.25, 0.3) is 0 Å². The zero-order valence-corrected chi connectivity index (χ0v) is 18.5. The molecular weight excluding hydrogens is 376 g/mol. The molecule has 0 spiro atoms. The number of aromatic nitrogens is 1. The highest BCUT2D eigenvalue weighted by Crippen LogP contribution is 2.35. The molecule has 2 aromatic rings. The lowest BCUT2D eigenvalue weighted by molar-refractivity contribution is 0.0240. The van der Waals surface area contributed by atoms with E-state index in [-0.39, 0.29) is 6.09 Å². The van der Waals surface area contributed by atoms with Crippen LogP contribution >= 0.6 is 0 Å². The molecule has 1 saturated heterocycles. The van der Waals surface area contributed by atoms with E-state index in [0.717, 1.165) is 31.9 Å². The number of rotatable bonds is 3. The van der Waals surface area contributed by atoms with Gasteiger partial charge in [-0.15, -0.1) is 0 Å². The van der Waals surface area contributed by atoms with Crippen LogP contribution in [0.2, 0.25) is 0 Å². The minimum Gasteiger partial charge on any atom is -0.444 e. The molecule has 1 atom stereocenters. The van der Waals surface area contributed by atoms with Crippen LogP contribution in [0.1, 0.15) is 50.6 Å². The van der Waals surface area contributed by atoms with Gasteiger partial charge in [0.2, 0.25) is 0 Å². The van der Waals surface area contributed by atoms with Gasteiger partial charge in [0.15, 0.2) is 0 Å². The molecule has 4 rings (SSSR count). The minimum atomic E-state index is -0.458. The fraction of sp³-hybridized carbons (Fsp3) is 0.500. The molecule has 2 aliphatic heterocycles. The smallest absolute Gasteiger partial charge is 0.410 e. The Balaban J connectivity index is 1.39. The number of benzene rings is 1. The minimum absolute atomic E-state index is 0.223. The van der Waals surface area contributed by atoms with Gasteiger partial charge in [0.05, 0.1) is 17.6 Å². The van der Waals surface area contributed by atoms with E-state index in [9.17, 15) is 4.79 Å². The summed E-state index contributed by atoms with van der Waals surface area (Å²) in [6.07, 6.45) is 1.76. The van der Waals surface area contributed by atoms with Crippen molar-refractivity contribution in [3.05, 3.63) is 59.4 Å². The first-order chi connectivity index (χ1) is 14.3. The van der Waals surface area contributed by atoms with E-state index in [2.05, 4.69) is 53.1 Å². The van der Waals surface area contributed by atoms with E-state index in [4.69, 9.17) is 9.72 Å². The molecule has 30 heavy (non-hydrogen) atoms. The van der Waals surface area contributed by atoms with Crippen molar-refractivity contribution in [2.45, 2.75) is 52.4 Å². The molecule has 6 heteroatoms. The quantitative estimate of drug-likeness (QED) is 0.761. The molecule has 2 aliphatic rings. The maximum absolute atomic E-state index is 12.3. The first kappa shape index (κ1) is 20.7. The highest BCUT2D eigenvalue weighted by Gasteiger charge is 2.30. The molecule has 1 fully saturated rings. The Kier molecular flexibility index (Phi) is 5.69. The molecule has 160 valence electrons. The lowest BCUT2D eigenvalue weighted by Gasteiger charge is -2.36. The molecule has 0 N–H and O–H groups in total. The summed E-state index contributed by atoms with van der Waals surface area (Å²) in [6, 6.07) is 13.2. The van der Waals surface area contributed by atoms with Crippen LogP contribution in [-0.4, -0.2) is 52.7 Å². The number of hydrogen-bond donors (Lipinski definition) is 0. The number of anilines is 1.